The van der Waals surface area contributed by atoms with E-state index in [1.807, 2.05) is 0 Å². The van der Waals surface area contributed by atoms with E-state index in [1.165, 1.54) is 37.8 Å². The summed E-state index contributed by atoms with van der Waals surface area (Å²) in [6.07, 6.45) is 6.26. The van der Waals surface area contributed by atoms with E-state index in [9.17, 15) is 4.39 Å². The molecule has 94 valence electrons. The number of hydrogen-bond acceptors (Lipinski definition) is 2. The van der Waals surface area contributed by atoms with E-state index in [2.05, 4.69) is 21.4 Å². The van der Waals surface area contributed by atoms with Crippen molar-refractivity contribution in [1.82, 2.24) is 5.43 Å². The van der Waals surface area contributed by atoms with E-state index in [1.54, 1.807) is 6.07 Å². The van der Waals surface area contributed by atoms with Crippen molar-refractivity contribution in [3.05, 3.63) is 34.1 Å². The fourth-order valence-corrected chi connectivity index (χ4v) is 3.28. The summed E-state index contributed by atoms with van der Waals surface area (Å²) < 4.78 is 13.8. The fourth-order valence-electron chi connectivity index (χ4n) is 2.65. The Bertz CT molecular complexity index is 378. The third kappa shape index (κ3) is 3.27. The normalized spacial score (nSPS) is 18.5. The second-order valence-corrected chi connectivity index (χ2v) is 5.63. The Morgan fingerprint density at radius 1 is 1.41 bits per heavy atom. The van der Waals surface area contributed by atoms with Crippen LogP contribution in [-0.4, -0.2) is 0 Å². The molecule has 1 unspecified atom stereocenters. The van der Waals surface area contributed by atoms with Gasteiger partial charge in [-0.25, -0.2) is 4.39 Å². The smallest absolute Gasteiger partial charge is 0.124 e. The van der Waals surface area contributed by atoms with Gasteiger partial charge in [0, 0.05) is 10.5 Å². The van der Waals surface area contributed by atoms with Crippen molar-refractivity contribution in [2.24, 2.45) is 11.8 Å². The molecule has 2 nitrogen and oxygen atoms in total. The molecule has 1 aliphatic carbocycles. The molecule has 4 heteroatoms. The van der Waals surface area contributed by atoms with Gasteiger partial charge in [0.25, 0.3) is 0 Å². The number of rotatable bonds is 4. The van der Waals surface area contributed by atoms with Crippen molar-refractivity contribution in [2.45, 2.75) is 38.1 Å². The second-order valence-electron chi connectivity index (χ2n) is 4.77. The van der Waals surface area contributed by atoms with Crippen molar-refractivity contribution in [1.29, 1.82) is 0 Å². The molecule has 0 spiro atoms. The number of nitrogens with one attached hydrogen (secondary N) is 1. The van der Waals surface area contributed by atoms with Crippen LogP contribution in [0.15, 0.2) is 22.7 Å². The number of nitrogens with two attached hydrogens (primary N) is 1. The summed E-state index contributed by atoms with van der Waals surface area (Å²) in [5, 5.41) is 0. The van der Waals surface area contributed by atoms with Crippen LogP contribution in [0, 0.1) is 11.7 Å². The number of hydrogen-bond donors (Lipinski definition) is 2. The van der Waals surface area contributed by atoms with E-state index >= 15 is 0 Å². The first-order valence-electron chi connectivity index (χ1n) is 6.12. The van der Waals surface area contributed by atoms with E-state index in [0.717, 1.165) is 22.4 Å². The molecule has 0 heterocycles. The van der Waals surface area contributed by atoms with E-state index in [4.69, 9.17) is 5.84 Å². The van der Waals surface area contributed by atoms with Gasteiger partial charge in [0.1, 0.15) is 5.82 Å². The van der Waals surface area contributed by atoms with E-state index in [0.29, 0.717) is 0 Å². The van der Waals surface area contributed by atoms with Crippen LogP contribution in [0.3, 0.4) is 0 Å². The minimum Gasteiger partial charge on any atom is -0.271 e. The highest BCUT2D eigenvalue weighted by Gasteiger charge is 2.21. The third-order valence-electron chi connectivity index (χ3n) is 3.58. The van der Waals surface area contributed by atoms with Gasteiger partial charge in [-0.1, -0.05) is 47.7 Å². The van der Waals surface area contributed by atoms with Gasteiger partial charge in [-0.15, -0.1) is 0 Å². The summed E-state index contributed by atoms with van der Waals surface area (Å²) in [7, 11) is 0. The molecule has 1 saturated carbocycles. The third-order valence-corrected chi connectivity index (χ3v) is 4.27. The highest BCUT2D eigenvalue weighted by Crippen LogP contribution is 2.34. The lowest BCUT2D eigenvalue weighted by molar-refractivity contribution is 0.399. The average Bonchev–Trinajstić information content (AvgIpc) is 2.79. The lowest BCUT2D eigenvalue weighted by atomic mass is 9.94. The topological polar surface area (TPSA) is 38.0 Å². The Labute approximate surface area is 110 Å². The lowest BCUT2D eigenvalue weighted by Gasteiger charge is -2.21. The molecule has 1 aromatic rings. The predicted molar refractivity (Wildman–Crippen MR) is 70.7 cm³/mol. The van der Waals surface area contributed by atoms with Gasteiger partial charge in [0.05, 0.1) is 0 Å². The van der Waals surface area contributed by atoms with Gasteiger partial charge in [-0.3, -0.25) is 11.3 Å². The van der Waals surface area contributed by atoms with Crippen LogP contribution in [0.25, 0.3) is 0 Å². The van der Waals surface area contributed by atoms with Crippen LogP contribution in [0.5, 0.6) is 0 Å². The Hall–Kier alpha value is -0.450. The number of hydrazine groups is 1. The maximum Gasteiger partial charge on any atom is 0.124 e. The summed E-state index contributed by atoms with van der Waals surface area (Å²) in [4.78, 5) is 0. The Morgan fingerprint density at radius 3 is 2.71 bits per heavy atom. The van der Waals surface area contributed by atoms with Crippen molar-refractivity contribution < 1.29 is 4.39 Å². The van der Waals surface area contributed by atoms with Crippen molar-refractivity contribution in [3.63, 3.8) is 0 Å². The Kier molecular flexibility index (Phi) is 4.54. The Balaban J connectivity index is 2.10. The molecule has 0 saturated heterocycles. The highest BCUT2D eigenvalue weighted by atomic mass is 79.9. The maximum atomic E-state index is 13.0. The monoisotopic (exact) mass is 300 g/mol. The summed E-state index contributed by atoms with van der Waals surface area (Å²) >= 11 is 3.40. The average molecular weight is 301 g/mol. The molecular weight excluding hydrogens is 283 g/mol. The maximum absolute atomic E-state index is 13.0. The zero-order chi connectivity index (χ0) is 12.3. The molecule has 0 aliphatic heterocycles. The zero-order valence-corrected chi connectivity index (χ0v) is 11.3. The van der Waals surface area contributed by atoms with Gasteiger partial charge >= 0.3 is 0 Å². The van der Waals surface area contributed by atoms with E-state index < -0.39 is 0 Å². The summed E-state index contributed by atoms with van der Waals surface area (Å²) in [6.45, 7) is 0. The van der Waals surface area contributed by atoms with Gasteiger partial charge < -0.3 is 0 Å². The minimum absolute atomic E-state index is 0.105. The molecule has 17 heavy (non-hydrogen) atoms. The first-order valence-corrected chi connectivity index (χ1v) is 6.91. The van der Waals surface area contributed by atoms with Crippen molar-refractivity contribution in [2.75, 3.05) is 0 Å². The SMILES string of the molecule is NNC(CC1CCCC1)c1ccc(F)cc1Br. The molecular formula is C13H18BrFN2. The molecule has 1 fully saturated rings. The summed E-state index contributed by atoms with van der Waals surface area (Å²) in [5.41, 5.74) is 3.90. The predicted octanol–water partition coefficient (Wildman–Crippen LogP) is 3.67. The van der Waals surface area contributed by atoms with Crippen LogP contribution in [-0.2, 0) is 0 Å². The molecule has 2 rings (SSSR count). The largest absolute Gasteiger partial charge is 0.271 e. The van der Waals surface area contributed by atoms with Crippen LogP contribution in [0.1, 0.15) is 43.7 Å². The Morgan fingerprint density at radius 2 is 2.12 bits per heavy atom. The van der Waals surface area contributed by atoms with Gasteiger partial charge in [0.15, 0.2) is 0 Å². The van der Waals surface area contributed by atoms with Crippen LogP contribution >= 0.6 is 15.9 Å². The van der Waals surface area contributed by atoms with Crippen LogP contribution in [0.4, 0.5) is 4.39 Å². The molecule has 0 radical (unpaired) electrons. The number of halogens is 2. The molecule has 0 aromatic heterocycles. The fraction of sp³-hybridized carbons (Fsp3) is 0.538. The number of benzene rings is 1. The van der Waals surface area contributed by atoms with E-state index in [-0.39, 0.29) is 11.9 Å². The van der Waals surface area contributed by atoms with Gasteiger partial charge in [-0.05, 0) is 30.0 Å². The quantitative estimate of drug-likeness (QED) is 0.658. The molecule has 1 aromatic carbocycles. The molecule has 1 aliphatic rings. The first-order chi connectivity index (χ1) is 8.20. The highest BCUT2D eigenvalue weighted by molar-refractivity contribution is 9.10. The molecule has 3 N–H and O–H groups in total. The van der Waals surface area contributed by atoms with Crippen molar-refractivity contribution in [3.8, 4) is 0 Å². The van der Waals surface area contributed by atoms with Gasteiger partial charge in [-0.2, -0.15) is 0 Å². The molecule has 0 amide bonds. The zero-order valence-electron chi connectivity index (χ0n) is 9.76. The standard InChI is InChI=1S/C13H18BrFN2/c14-12-8-10(15)5-6-11(12)13(17-16)7-9-3-1-2-4-9/h5-6,8-9,13,17H,1-4,7,16H2. The first kappa shape index (κ1) is 13.0. The van der Waals surface area contributed by atoms with Gasteiger partial charge in [0.2, 0.25) is 0 Å². The summed E-state index contributed by atoms with van der Waals surface area (Å²) in [5.74, 6) is 6.14. The van der Waals surface area contributed by atoms with Crippen molar-refractivity contribution >= 4 is 15.9 Å². The van der Waals surface area contributed by atoms with Crippen LogP contribution in [0.2, 0.25) is 0 Å². The molecule has 0 bridgehead atoms. The second kappa shape index (κ2) is 5.94. The van der Waals surface area contributed by atoms with Crippen LogP contribution < -0.4 is 11.3 Å². The lowest BCUT2D eigenvalue weighted by Crippen LogP contribution is -2.29. The minimum atomic E-state index is -0.225. The summed E-state index contributed by atoms with van der Waals surface area (Å²) in [6, 6.07) is 4.89. The molecule has 1 atom stereocenters.